The number of alkyl halides is 2. The minimum Gasteiger partial charge on any atom is -0.465 e. The van der Waals surface area contributed by atoms with E-state index in [1.165, 1.54) is 0 Å². The van der Waals surface area contributed by atoms with Gasteiger partial charge in [0.25, 0.3) is 0 Å². The number of furan rings is 2. The monoisotopic (exact) mass is 638 g/mol. The van der Waals surface area contributed by atoms with Crippen LogP contribution in [0.25, 0.3) is 44.5 Å². The van der Waals surface area contributed by atoms with E-state index in [-0.39, 0.29) is 9.52 Å². The zero-order valence-corrected chi connectivity index (χ0v) is 27.3. The molecule has 8 rings (SSSR count). The smallest absolute Gasteiger partial charge is 0.131 e. The van der Waals surface area contributed by atoms with Crippen molar-refractivity contribution in [1.29, 1.82) is 0 Å². The van der Waals surface area contributed by atoms with Crippen molar-refractivity contribution in [2.75, 3.05) is 0 Å². The van der Waals surface area contributed by atoms with Crippen LogP contribution >= 0.6 is 23.2 Å². The summed E-state index contributed by atoms with van der Waals surface area (Å²) in [5.74, 6) is 1.50. The molecule has 0 fully saturated rings. The molecule has 5 heteroatoms. The predicted octanol–water partition coefficient (Wildman–Crippen LogP) is 11.3. The fourth-order valence-electron chi connectivity index (χ4n) is 7.29. The molecule has 0 amide bonds. The van der Waals surface area contributed by atoms with Crippen LogP contribution in [0.15, 0.2) is 143 Å². The fourth-order valence-corrected chi connectivity index (χ4v) is 11.1. The molecule has 2 radical (unpaired) electrons. The maximum absolute atomic E-state index is 8.14. The minimum atomic E-state index is -0.980. The molecule has 0 aliphatic heterocycles. The molecule has 2 atom stereocenters. The molecule has 0 saturated carbocycles. The standard InChI is InChI=1S/C40H28Cl2O2Si/c1-25-35-29(27-13-5-3-6-14-27)17-9-19-31(35)39(41,37(25)33-21-11-23-43-33)45-40(42)32-20-10-18-30(28-15-7-4-8-16-28)36(32)26(2)38(40)34-22-12-24-44-34/h3-24H,1-2H3. The maximum atomic E-state index is 8.14. The van der Waals surface area contributed by atoms with Crippen molar-refractivity contribution in [3.8, 4) is 22.3 Å². The second-order valence-corrected chi connectivity index (χ2v) is 15.1. The zero-order chi connectivity index (χ0) is 30.8. The van der Waals surface area contributed by atoms with Gasteiger partial charge in [0, 0.05) is 11.1 Å². The molecule has 2 aromatic heterocycles. The van der Waals surface area contributed by atoms with Crippen LogP contribution in [-0.2, 0) is 8.99 Å². The lowest BCUT2D eigenvalue weighted by atomic mass is 9.94. The van der Waals surface area contributed by atoms with Gasteiger partial charge in [-0.25, -0.2) is 0 Å². The van der Waals surface area contributed by atoms with Crippen LogP contribution in [-0.4, -0.2) is 9.52 Å². The van der Waals surface area contributed by atoms with E-state index in [0.717, 1.165) is 78.3 Å². The van der Waals surface area contributed by atoms with Crippen LogP contribution < -0.4 is 0 Å². The van der Waals surface area contributed by atoms with E-state index in [0.29, 0.717) is 0 Å². The quantitative estimate of drug-likeness (QED) is 0.134. The zero-order valence-electron chi connectivity index (χ0n) is 24.8. The largest absolute Gasteiger partial charge is 0.465 e. The lowest BCUT2D eigenvalue weighted by Gasteiger charge is -2.35. The maximum Gasteiger partial charge on any atom is 0.131 e. The highest BCUT2D eigenvalue weighted by atomic mass is 35.5. The Morgan fingerprint density at radius 2 is 0.911 bits per heavy atom. The van der Waals surface area contributed by atoms with E-state index < -0.39 is 8.99 Å². The van der Waals surface area contributed by atoms with Crippen molar-refractivity contribution in [3.05, 3.63) is 168 Å². The predicted molar refractivity (Wildman–Crippen MR) is 187 cm³/mol. The number of rotatable bonds is 6. The Bertz CT molecular complexity index is 1960. The SMILES string of the molecule is CC1=C(c2ccco2)C(Cl)([Si]C2(Cl)C(c3ccco3)=C(C)c3c(-c4ccccc4)cccc32)c2cccc(-c3ccccc3)c21. The number of hydrogen-bond acceptors (Lipinski definition) is 2. The number of hydrogen-bond donors (Lipinski definition) is 0. The Labute approximate surface area is 275 Å². The van der Waals surface area contributed by atoms with Gasteiger partial charge in [0.15, 0.2) is 0 Å². The third-order valence-electron chi connectivity index (χ3n) is 9.11. The van der Waals surface area contributed by atoms with Gasteiger partial charge < -0.3 is 8.83 Å². The lowest BCUT2D eigenvalue weighted by Crippen LogP contribution is -2.40. The molecule has 0 bridgehead atoms. The molecular weight excluding hydrogens is 611 g/mol. The summed E-state index contributed by atoms with van der Waals surface area (Å²) in [6.45, 7) is 4.31. The second-order valence-electron chi connectivity index (χ2n) is 11.6. The third-order valence-corrected chi connectivity index (χ3v) is 12.2. The molecule has 2 aliphatic rings. The summed E-state index contributed by atoms with van der Waals surface area (Å²) in [6, 6.07) is 41.7. The first-order chi connectivity index (χ1) is 21.9. The summed E-state index contributed by atoms with van der Waals surface area (Å²) in [7, 11) is -0.00885. The molecule has 0 saturated heterocycles. The van der Waals surface area contributed by atoms with Crippen LogP contribution in [0.3, 0.4) is 0 Å². The Balaban J connectivity index is 1.39. The van der Waals surface area contributed by atoms with Crippen molar-refractivity contribution in [2.45, 2.75) is 22.8 Å². The highest BCUT2D eigenvalue weighted by Gasteiger charge is 2.55. The Kier molecular flexibility index (Phi) is 6.69. The van der Waals surface area contributed by atoms with Gasteiger partial charge in [0.1, 0.15) is 21.0 Å². The van der Waals surface area contributed by atoms with E-state index in [1.54, 1.807) is 12.5 Å². The first kappa shape index (κ1) is 28.2. The van der Waals surface area contributed by atoms with E-state index >= 15 is 0 Å². The van der Waals surface area contributed by atoms with Crippen molar-refractivity contribution in [2.24, 2.45) is 0 Å². The first-order valence-electron chi connectivity index (χ1n) is 15.0. The van der Waals surface area contributed by atoms with Gasteiger partial charge in [0.2, 0.25) is 0 Å². The topological polar surface area (TPSA) is 26.3 Å². The summed E-state index contributed by atoms with van der Waals surface area (Å²) < 4.78 is 10.3. The average molecular weight is 640 g/mol. The van der Waals surface area contributed by atoms with Crippen molar-refractivity contribution < 1.29 is 8.83 Å². The van der Waals surface area contributed by atoms with E-state index in [1.807, 2.05) is 36.4 Å². The summed E-state index contributed by atoms with van der Waals surface area (Å²) in [6.07, 6.45) is 3.42. The van der Waals surface area contributed by atoms with Crippen molar-refractivity contribution in [3.63, 3.8) is 0 Å². The number of benzene rings is 4. The first-order valence-corrected chi connectivity index (χ1v) is 16.7. The van der Waals surface area contributed by atoms with E-state index in [4.69, 9.17) is 32.0 Å². The number of fused-ring (bicyclic) bond motifs is 2. The Morgan fingerprint density at radius 1 is 0.489 bits per heavy atom. The molecule has 45 heavy (non-hydrogen) atoms. The summed E-state index contributed by atoms with van der Waals surface area (Å²) in [4.78, 5) is 0. The summed E-state index contributed by atoms with van der Waals surface area (Å²) in [5, 5.41) is 0. The average Bonchev–Trinajstić information content (AvgIpc) is 3.86. The van der Waals surface area contributed by atoms with Gasteiger partial charge in [-0.2, -0.15) is 0 Å². The Morgan fingerprint density at radius 3 is 1.29 bits per heavy atom. The van der Waals surface area contributed by atoms with Crippen LogP contribution in [0.2, 0.25) is 0 Å². The number of allylic oxidation sites excluding steroid dienone is 4. The van der Waals surface area contributed by atoms with E-state index in [9.17, 15) is 0 Å². The minimum absolute atomic E-state index is 0.00885. The molecule has 218 valence electrons. The molecule has 6 aromatic rings. The lowest BCUT2D eigenvalue weighted by molar-refractivity contribution is 0.549. The van der Waals surface area contributed by atoms with Crippen molar-refractivity contribution in [1.82, 2.24) is 0 Å². The van der Waals surface area contributed by atoms with Gasteiger partial charge in [-0.3, -0.25) is 0 Å². The van der Waals surface area contributed by atoms with Crippen LogP contribution in [0.5, 0.6) is 0 Å². The molecule has 2 unspecified atom stereocenters. The second kappa shape index (κ2) is 10.7. The number of halogens is 2. The van der Waals surface area contributed by atoms with Crippen LogP contribution in [0, 0.1) is 0 Å². The van der Waals surface area contributed by atoms with Gasteiger partial charge in [-0.05, 0) is 93.8 Å². The molecule has 0 N–H and O–H groups in total. The highest BCUT2D eigenvalue weighted by molar-refractivity contribution is 6.74. The third kappa shape index (κ3) is 4.22. The molecule has 2 aliphatic carbocycles. The van der Waals surface area contributed by atoms with Crippen LogP contribution in [0.4, 0.5) is 0 Å². The van der Waals surface area contributed by atoms with Gasteiger partial charge in [0.05, 0.1) is 21.5 Å². The summed E-state index contributed by atoms with van der Waals surface area (Å²) >= 11 is 16.3. The molecule has 4 aromatic carbocycles. The molecule has 2 nitrogen and oxygen atoms in total. The normalized spacial score (nSPS) is 20.5. The van der Waals surface area contributed by atoms with Gasteiger partial charge in [-0.1, -0.05) is 97.1 Å². The van der Waals surface area contributed by atoms with Gasteiger partial charge in [-0.15, -0.1) is 23.2 Å². The van der Waals surface area contributed by atoms with Gasteiger partial charge >= 0.3 is 0 Å². The molecular formula is C40H28Cl2O2Si. The van der Waals surface area contributed by atoms with Crippen LogP contribution in [0.1, 0.15) is 47.6 Å². The fraction of sp³-hybridized carbons (Fsp3) is 0.100. The highest BCUT2D eigenvalue weighted by Crippen LogP contribution is 2.62. The van der Waals surface area contributed by atoms with E-state index in [2.05, 4.69) is 98.8 Å². The molecule has 0 spiro atoms. The van der Waals surface area contributed by atoms with Crippen molar-refractivity contribution >= 4 is 55.0 Å². The Hall–Kier alpha value is -4.28. The summed E-state index contributed by atoms with van der Waals surface area (Å²) in [5.41, 5.74) is 13.0. The molecule has 2 heterocycles.